The molecule has 3 N–H and O–H groups in total. The fourth-order valence-corrected chi connectivity index (χ4v) is 1.70. The lowest BCUT2D eigenvalue weighted by molar-refractivity contribution is -0.121. The molecule has 4 nitrogen and oxygen atoms in total. The third-order valence-electron chi connectivity index (χ3n) is 2.85. The molecular formula is C13H23N3O. The fraction of sp³-hybridized carbons (Fsp3) is 0.615. The molecule has 0 aliphatic carbocycles. The Morgan fingerprint density at radius 2 is 2.24 bits per heavy atom. The molecule has 0 radical (unpaired) electrons. The zero-order valence-electron chi connectivity index (χ0n) is 10.9. The first-order valence-electron chi connectivity index (χ1n) is 6.22. The Labute approximate surface area is 103 Å². The number of aryl methyl sites for hydroxylation is 1. The maximum atomic E-state index is 11.3. The second-order valence-corrected chi connectivity index (χ2v) is 4.66. The summed E-state index contributed by atoms with van der Waals surface area (Å²) < 4.78 is 2.02. The highest BCUT2D eigenvalue weighted by Crippen LogP contribution is 2.18. The van der Waals surface area contributed by atoms with Crippen LogP contribution in [0.5, 0.6) is 0 Å². The van der Waals surface area contributed by atoms with Crippen molar-refractivity contribution in [3.63, 3.8) is 0 Å². The zero-order chi connectivity index (χ0) is 12.8. The molecule has 1 heterocycles. The van der Waals surface area contributed by atoms with E-state index >= 15 is 0 Å². The van der Waals surface area contributed by atoms with Gasteiger partial charge in [-0.25, -0.2) is 0 Å². The van der Waals surface area contributed by atoms with Crippen LogP contribution in [-0.4, -0.2) is 17.0 Å². The van der Waals surface area contributed by atoms with Gasteiger partial charge in [0.15, 0.2) is 0 Å². The second kappa shape index (κ2) is 6.45. The number of nitrogens with zero attached hydrogens (tertiary/aromatic N) is 1. The predicted octanol–water partition coefficient (Wildman–Crippen LogP) is 1.67. The highest BCUT2D eigenvalue weighted by atomic mass is 16.1. The number of carbonyl (C=O) groups is 1. The molecule has 96 valence electrons. The molecule has 1 aromatic rings. The Morgan fingerprint density at radius 1 is 1.53 bits per heavy atom. The normalized spacial score (nSPS) is 12.8. The van der Waals surface area contributed by atoms with Gasteiger partial charge in [0.2, 0.25) is 5.91 Å². The van der Waals surface area contributed by atoms with Crippen LogP contribution in [0.2, 0.25) is 0 Å². The van der Waals surface area contributed by atoms with Gasteiger partial charge in [-0.1, -0.05) is 13.8 Å². The van der Waals surface area contributed by atoms with Crippen LogP contribution in [-0.2, 0) is 11.3 Å². The summed E-state index contributed by atoms with van der Waals surface area (Å²) in [4.78, 5) is 11.3. The quantitative estimate of drug-likeness (QED) is 0.790. The predicted molar refractivity (Wildman–Crippen MR) is 69.5 cm³/mol. The van der Waals surface area contributed by atoms with Gasteiger partial charge in [0.1, 0.15) is 0 Å². The highest BCUT2D eigenvalue weighted by molar-refractivity contribution is 5.75. The lowest BCUT2D eigenvalue weighted by Crippen LogP contribution is -2.23. The van der Waals surface area contributed by atoms with E-state index in [1.165, 1.54) is 0 Å². The van der Waals surface area contributed by atoms with Crippen molar-refractivity contribution in [2.24, 2.45) is 11.7 Å². The van der Waals surface area contributed by atoms with E-state index in [1.54, 1.807) is 0 Å². The summed E-state index contributed by atoms with van der Waals surface area (Å²) in [6.07, 6.45) is 4.53. The zero-order valence-corrected chi connectivity index (χ0v) is 10.9. The molecule has 0 bridgehead atoms. The number of nitrogens with two attached hydrogens (primary N) is 1. The van der Waals surface area contributed by atoms with Crippen molar-refractivity contribution in [1.82, 2.24) is 9.88 Å². The third kappa shape index (κ3) is 4.23. The summed E-state index contributed by atoms with van der Waals surface area (Å²) in [5.41, 5.74) is 7.20. The van der Waals surface area contributed by atoms with Crippen LogP contribution in [0.4, 0.5) is 0 Å². The highest BCUT2D eigenvalue weighted by Gasteiger charge is 2.11. The molecule has 1 atom stereocenters. The van der Waals surface area contributed by atoms with Crippen molar-refractivity contribution in [2.45, 2.75) is 39.8 Å². The first kappa shape index (κ1) is 13.8. The van der Waals surface area contributed by atoms with Gasteiger partial charge < -0.3 is 15.6 Å². The topological polar surface area (TPSA) is 60.0 Å². The molecule has 0 aliphatic rings. The van der Waals surface area contributed by atoms with Gasteiger partial charge in [-0.3, -0.25) is 4.79 Å². The average Bonchev–Trinajstić information content (AvgIpc) is 2.74. The number of hydrogen-bond acceptors (Lipinski definition) is 2. The van der Waals surface area contributed by atoms with Crippen molar-refractivity contribution >= 4 is 5.91 Å². The Kier molecular flexibility index (Phi) is 5.22. The lowest BCUT2D eigenvalue weighted by Gasteiger charge is -2.13. The lowest BCUT2D eigenvalue weighted by atomic mass is 10.00. The van der Waals surface area contributed by atoms with Crippen LogP contribution in [0.25, 0.3) is 0 Å². The average molecular weight is 237 g/mol. The minimum atomic E-state index is 0.0701. The van der Waals surface area contributed by atoms with Gasteiger partial charge in [0, 0.05) is 37.9 Å². The summed E-state index contributed by atoms with van der Waals surface area (Å²) in [5.74, 6) is 0.519. The van der Waals surface area contributed by atoms with Crippen molar-refractivity contribution in [3.05, 3.63) is 24.0 Å². The van der Waals surface area contributed by atoms with Gasteiger partial charge in [-0.05, 0) is 24.5 Å². The molecule has 0 aliphatic heterocycles. The van der Waals surface area contributed by atoms with Crippen LogP contribution in [0.15, 0.2) is 18.5 Å². The molecule has 1 aromatic heterocycles. The van der Waals surface area contributed by atoms with E-state index in [4.69, 9.17) is 5.73 Å². The first-order valence-corrected chi connectivity index (χ1v) is 6.22. The molecule has 0 fully saturated rings. The van der Waals surface area contributed by atoms with E-state index in [1.807, 2.05) is 30.0 Å². The molecule has 0 saturated heterocycles. The summed E-state index contributed by atoms with van der Waals surface area (Å²) >= 11 is 0. The number of hydrogen-bond donors (Lipinski definition) is 2. The Balaban J connectivity index is 2.48. The van der Waals surface area contributed by atoms with Gasteiger partial charge >= 0.3 is 0 Å². The van der Waals surface area contributed by atoms with Crippen molar-refractivity contribution in [1.29, 1.82) is 0 Å². The molecule has 0 spiro atoms. The second-order valence-electron chi connectivity index (χ2n) is 4.66. The molecule has 4 heteroatoms. The molecule has 0 aromatic carbocycles. The number of nitrogens with one attached hydrogen (secondary N) is 1. The number of amides is 1. The summed E-state index contributed by atoms with van der Waals surface area (Å²) in [6.45, 7) is 7.53. The molecule has 1 amide bonds. The van der Waals surface area contributed by atoms with Crippen LogP contribution < -0.4 is 11.1 Å². The summed E-state index contributed by atoms with van der Waals surface area (Å²) in [5, 5.41) is 2.79. The van der Waals surface area contributed by atoms with E-state index in [2.05, 4.69) is 19.2 Å². The van der Waals surface area contributed by atoms with Crippen LogP contribution in [0.3, 0.4) is 0 Å². The maximum Gasteiger partial charge on any atom is 0.221 e. The molecule has 1 rings (SSSR count). The van der Waals surface area contributed by atoms with Crippen LogP contribution >= 0.6 is 0 Å². The largest absolute Gasteiger partial charge is 0.356 e. The molecule has 17 heavy (non-hydrogen) atoms. The third-order valence-corrected chi connectivity index (χ3v) is 2.85. The standard InChI is InChI=1S/C13H23N3O/c1-4-15-12(17)6-8-16-7-5-11(9-16)13(14)10(2)3/h5,7,9-10,13H,4,6,8,14H2,1-3H3,(H,15,17). The SMILES string of the molecule is CCNC(=O)CCn1ccc(C(N)C(C)C)c1. The van der Waals surface area contributed by atoms with E-state index in [9.17, 15) is 4.79 Å². The minimum Gasteiger partial charge on any atom is -0.356 e. The first-order chi connectivity index (χ1) is 8.04. The van der Waals surface area contributed by atoms with Crippen molar-refractivity contribution in [3.8, 4) is 0 Å². The maximum absolute atomic E-state index is 11.3. The number of aromatic nitrogens is 1. The number of carbonyl (C=O) groups excluding carboxylic acids is 1. The molecule has 0 saturated carbocycles. The number of rotatable bonds is 6. The summed E-state index contributed by atoms with van der Waals surface area (Å²) in [7, 11) is 0. The van der Waals surface area contributed by atoms with Crippen LogP contribution in [0.1, 0.15) is 38.8 Å². The summed E-state index contributed by atoms with van der Waals surface area (Å²) in [6, 6.07) is 2.10. The minimum absolute atomic E-state index is 0.0701. The van der Waals surface area contributed by atoms with Gasteiger partial charge in [0.05, 0.1) is 0 Å². The molecular weight excluding hydrogens is 214 g/mol. The van der Waals surface area contributed by atoms with E-state index in [-0.39, 0.29) is 11.9 Å². The monoisotopic (exact) mass is 237 g/mol. The Morgan fingerprint density at radius 3 is 2.82 bits per heavy atom. The van der Waals surface area contributed by atoms with E-state index in [0.717, 1.165) is 5.56 Å². The van der Waals surface area contributed by atoms with Crippen molar-refractivity contribution in [2.75, 3.05) is 6.54 Å². The molecule has 1 unspecified atom stereocenters. The van der Waals surface area contributed by atoms with Crippen LogP contribution in [0, 0.1) is 5.92 Å². The van der Waals surface area contributed by atoms with E-state index < -0.39 is 0 Å². The fourth-order valence-electron chi connectivity index (χ4n) is 1.70. The van der Waals surface area contributed by atoms with Gasteiger partial charge in [-0.2, -0.15) is 0 Å². The smallest absolute Gasteiger partial charge is 0.221 e. The van der Waals surface area contributed by atoms with Gasteiger partial charge in [0.25, 0.3) is 0 Å². The Hall–Kier alpha value is -1.29. The van der Waals surface area contributed by atoms with Crippen molar-refractivity contribution < 1.29 is 4.79 Å². The van der Waals surface area contributed by atoms with Gasteiger partial charge in [-0.15, -0.1) is 0 Å². The van der Waals surface area contributed by atoms with E-state index in [0.29, 0.717) is 25.4 Å². The Bertz CT molecular complexity index is 357.